The second-order valence-corrected chi connectivity index (χ2v) is 4.74. The van der Waals surface area contributed by atoms with E-state index in [1.165, 1.54) is 0 Å². The van der Waals surface area contributed by atoms with E-state index in [4.69, 9.17) is 9.47 Å². The zero-order valence-electron chi connectivity index (χ0n) is 11.8. The Morgan fingerprint density at radius 2 is 2.06 bits per heavy atom. The van der Waals surface area contributed by atoms with Crippen LogP contribution in [0.25, 0.3) is 0 Å². The summed E-state index contributed by atoms with van der Waals surface area (Å²) in [7, 11) is 0. The van der Waals surface area contributed by atoms with Gasteiger partial charge in [0.05, 0.1) is 19.3 Å². The monoisotopic (exact) mass is 247 g/mol. The van der Waals surface area contributed by atoms with Gasteiger partial charge < -0.3 is 19.9 Å². The van der Waals surface area contributed by atoms with Gasteiger partial charge in [-0.2, -0.15) is 0 Å². The fraction of sp³-hybridized carbons (Fsp3) is 1.00. The Morgan fingerprint density at radius 1 is 1.35 bits per heavy atom. The molecule has 0 rings (SSSR count). The summed E-state index contributed by atoms with van der Waals surface area (Å²) in [5.41, 5.74) is -0.235. The van der Waals surface area contributed by atoms with Crippen LogP contribution in [0.1, 0.15) is 40.5 Å². The van der Waals surface area contributed by atoms with Crippen molar-refractivity contribution in [3.63, 3.8) is 0 Å². The van der Waals surface area contributed by atoms with Crippen molar-refractivity contribution in [3.05, 3.63) is 0 Å². The lowest BCUT2D eigenvalue weighted by molar-refractivity contribution is -0.0133. The molecular formula is C13H29NO3. The van der Waals surface area contributed by atoms with Crippen molar-refractivity contribution in [2.75, 3.05) is 33.0 Å². The van der Waals surface area contributed by atoms with E-state index in [0.717, 1.165) is 26.0 Å². The number of nitrogens with one attached hydrogen (secondary N) is 1. The van der Waals surface area contributed by atoms with Gasteiger partial charge in [-0.25, -0.2) is 0 Å². The Balaban J connectivity index is 3.74. The molecule has 0 bridgehead atoms. The van der Waals surface area contributed by atoms with Crippen LogP contribution in [0.15, 0.2) is 0 Å². The first-order valence-electron chi connectivity index (χ1n) is 6.63. The van der Waals surface area contributed by atoms with Crippen molar-refractivity contribution in [1.29, 1.82) is 0 Å². The summed E-state index contributed by atoms with van der Waals surface area (Å²) in [4.78, 5) is 0. The maximum absolute atomic E-state index is 9.38. The first-order valence-corrected chi connectivity index (χ1v) is 6.63. The Labute approximate surface area is 106 Å². The molecule has 0 aromatic carbocycles. The molecule has 4 heteroatoms. The van der Waals surface area contributed by atoms with E-state index in [1.807, 2.05) is 20.8 Å². The molecule has 4 nitrogen and oxygen atoms in total. The smallest absolute Gasteiger partial charge is 0.0780 e. The first kappa shape index (κ1) is 16.8. The highest BCUT2D eigenvalue weighted by atomic mass is 16.5. The van der Waals surface area contributed by atoms with Crippen LogP contribution >= 0.6 is 0 Å². The average Bonchev–Trinajstić information content (AvgIpc) is 2.34. The van der Waals surface area contributed by atoms with Crippen LogP contribution in [-0.4, -0.2) is 49.7 Å². The van der Waals surface area contributed by atoms with Gasteiger partial charge in [-0.3, -0.25) is 0 Å². The minimum atomic E-state index is -0.235. The molecule has 104 valence electrons. The van der Waals surface area contributed by atoms with Crippen molar-refractivity contribution in [2.45, 2.75) is 52.2 Å². The molecule has 2 unspecified atom stereocenters. The Morgan fingerprint density at radius 3 is 2.59 bits per heavy atom. The number of aliphatic hydroxyl groups is 1. The van der Waals surface area contributed by atoms with Crippen LogP contribution in [-0.2, 0) is 9.47 Å². The van der Waals surface area contributed by atoms with Gasteiger partial charge in [0.2, 0.25) is 0 Å². The number of hydrogen-bond acceptors (Lipinski definition) is 4. The maximum Gasteiger partial charge on any atom is 0.0780 e. The summed E-state index contributed by atoms with van der Waals surface area (Å²) in [5, 5.41) is 12.7. The summed E-state index contributed by atoms with van der Waals surface area (Å²) in [6, 6.07) is 0. The quantitative estimate of drug-likeness (QED) is 0.582. The molecule has 17 heavy (non-hydrogen) atoms. The molecule has 0 aliphatic rings. The molecule has 0 aromatic rings. The van der Waals surface area contributed by atoms with Gasteiger partial charge in [0.25, 0.3) is 0 Å². The lowest BCUT2D eigenvalue weighted by Gasteiger charge is -2.29. The molecule has 0 aliphatic carbocycles. The molecule has 0 amide bonds. The number of hydrogen-bond donors (Lipinski definition) is 2. The van der Waals surface area contributed by atoms with Crippen molar-refractivity contribution >= 4 is 0 Å². The first-order chi connectivity index (χ1) is 8.08. The highest BCUT2D eigenvalue weighted by molar-refractivity contribution is 4.81. The molecule has 0 spiro atoms. The van der Waals surface area contributed by atoms with Crippen molar-refractivity contribution in [2.24, 2.45) is 0 Å². The van der Waals surface area contributed by atoms with E-state index in [2.05, 4.69) is 12.2 Å². The van der Waals surface area contributed by atoms with E-state index in [9.17, 15) is 5.11 Å². The van der Waals surface area contributed by atoms with Gasteiger partial charge >= 0.3 is 0 Å². The predicted octanol–water partition coefficient (Wildman–Crippen LogP) is 1.57. The minimum absolute atomic E-state index is 0.115. The van der Waals surface area contributed by atoms with E-state index in [-0.39, 0.29) is 18.2 Å². The second-order valence-electron chi connectivity index (χ2n) is 4.74. The zero-order chi connectivity index (χ0) is 13.1. The largest absolute Gasteiger partial charge is 0.394 e. The van der Waals surface area contributed by atoms with E-state index >= 15 is 0 Å². The average molecular weight is 247 g/mol. The lowest BCUT2D eigenvalue weighted by atomic mass is 9.99. The van der Waals surface area contributed by atoms with Crippen LogP contribution in [0.3, 0.4) is 0 Å². The number of aliphatic hydroxyl groups excluding tert-OH is 1. The van der Waals surface area contributed by atoms with E-state index in [0.29, 0.717) is 13.2 Å². The SMILES string of the molecule is CCCNC(C)(CO)CCOC(C)COCC. The third kappa shape index (κ3) is 8.55. The molecule has 0 saturated carbocycles. The van der Waals surface area contributed by atoms with Crippen LogP contribution in [0.5, 0.6) is 0 Å². The molecule has 0 aliphatic heterocycles. The van der Waals surface area contributed by atoms with Crippen LogP contribution < -0.4 is 5.32 Å². The summed E-state index contributed by atoms with van der Waals surface area (Å²) >= 11 is 0. The van der Waals surface area contributed by atoms with Crippen molar-refractivity contribution in [1.82, 2.24) is 5.32 Å². The van der Waals surface area contributed by atoms with Crippen LogP contribution in [0.2, 0.25) is 0 Å². The Kier molecular flexibility index (Phi) is 9.74. The molecule has 0 saturated heterocycles. The third-order valence-electron chi connectivity index (χ3n) is 2.76. The van der Waals surface area contributed by atoms with Gasteiger partial charge in [0, 0.05) is 18.8 Å². The van der Waals surface area contributed by atoms with E-state index in [1.54, 1.807) is 0 Å². The van der Waals surface area contributed by atoms with Crippen molar-refractivity contribution < 1.29 is 14.6 Å². The van der Waals surface area contributed by atoms with Gasteiger partial charge in [-0.05, 0) is 40.2 Å². The van der Waals surface area contributed by atoms with Gasteiger partial charge in [-0.15, -0.1) is 0 Å². The molecule has 2 atom stereocenters. The van der Waals surface area contributed by atoms with Gasteiger partial charge in [-0.1, -0.05) is 6.92 Å². The lowest BCUT2D eigenvalue weighted by Crippen LogP contribution is -2.47. The molecular weight excluding hydrogens is 218 g/mol. The van der Waals surface area contributed by atoms with Crippen LogP contribution in [0.4, 0.5) is 0 Å². The number of ether oxygens (including phenoxy) is 2. The number of rotatable bonds is 11. The summed E-state index contributed by atoms with van der Waals surface area (Å²) in [6.45, 7) is 11.2. The molecule has 0 heterocycles. The highest BCUT2D eigenvalue weighted by Gasteiger charge is 2.22. The van der Waals surface area contributed by atoms with E-state index < -0.39 is 0 Å². The molecule has 0 radical (unpaired) electrons. The molecule has 0 fully saturated rings. The van der Waals surface area contributed by atoms with Gasteiger partial charge in [0.1, 0.15) is 0 Å². The Hall–Kier alpha value is -0.160. The molecule has 2 N–H and O–H groups in total. The van der Waals surface area contributed by atoms with Crippen LogP contribution in [0, 0.1) is 0 Å². The van der Waals surface area contributed by atoms with Gasteiger partial charge in [0.15, 0.2) is 0 Å². The third-order valence-corrected chi connectivity index (χ3v) is 2.76. The topological polar surface area (TPSA) is 50.7 Å². The fourth-order valence-corrected chi connectivity index (χ4v) is 1.47. The zero-order valence-corrected chi connectivity index (χ0v) is 11.8. The summed E-state index contributed by atoms with van der Waals surface area (Å²) in [6.07, 6.45) is 1.99. The summed E-state index contributed by atoms with van der Waals surface area (Å²) < 4.78 is 10.9. The predicted molar refractivity (Wildman–Crippen MR) is 70.3 cm³/mol. The van der Waals surface area contributed by atoms with Crippen molar-refractivity contribution in [3.8, 4) is 0 Å². The fourth-order valence-electron chi connectivity index (χ4n) is 1.47. The highest BCUT2D eigenvalue weighted by Crippen LogP contribution is 2.09. The standard InChI is InChI=1S/C13H29NO3/c1-5-8-14-13(4,11-15)7-9-17-12(3)10-16-6-2/h12,14-15H,5-11H2,1-4H3. The minimum Gasteiger partial charge on any atom is -0.394 e. The second kappa shape index (κ2) is 9.83. The maximum atomic E-state index is 9.38. The summed E-state index contributed by atoms with van der Waals surface area (Å²) in [5.74, 6) is 0. The molecule has 0 aromatic heterocycles. The Bertz CT molecular complexity index is 178. The normalized spacial score (nSPS) is 16.8.